The van der Waals surface area contributed by atoms with E-state index in [9.17, 15) is 4.79 Å². The number of aromatic nitrogens is 3. The van der Waals surface area contributed by atoms with Crippen molar-refractivity contribution < 1.29 is 4.79 Å². The first-order valence-corrected chi connectivity index (χ1v) is 5.66. The van der Waals surface area contributed by atoms with Gasteiger partial charge in [0.25, 0.3) is 0 Å². The second-order valence-electron chi connectivity index (χ2n) is 4.10. The molecule has 0 aliphatic rings. The van der Waals surface area contributed by atoms with Gasteiger partial charge in [-0.2, -0.15) is 0 Å². The molecule has 0 atom stereocenters. The quantitative estimate of drug-likeness (QED) is 0.643. The van der Waals surface area contributed by atoms with E-state index in [-0.39, 0.29) is 0 Å². The Labute approximate surface area is 104 Å². The molecule has 2 aromatic heterocycles. The minimum absolute atomic E-state index is 0.546. The van der Waals surface area contributed by atoms with E-state index in [2.05, 4.69) is 10.1 Å². The fourth-order valence-electron chi connectivity index (χ4n) is 1.96. The Morgan fingerprint density at radius 3 is 2.78 bits per heavy atom. The summed E-state index contributed by atoms with van der Waals surface area (Å²) in [6, 6.07) is 11.4. The van der Waals surface area contributed by atoms with Crippen LogP contribution in [0.2, 0.25) is 0 Å². The molecule has 1 aromatic carbocycles. The van der Waals surface area contributed by atoms with Crippen LogP contribution in [0.5, 0.6) is 0 Å². The van der Waals surface area contributed by atoms with Gasteiger partial charge in [-0.3, -0.25) is 4.79 Å². The fraction of sp³-hybridized carbons (Fsp3) is 0.0714. The number of carbonyl (C=O) groups excluding carboxylic acids is 1. The van der Waals surface area contributed by atoms with Crippen molar-refractivity contribution in [1.82, 2.24) is 14.6 Å². The van der Waals surface area contributed by atoms with Gasteiger partial charge in [-0.1, -0.05) is 24.3 Å². The summed E-state index contributed by atoms with van der Waals surface area (Å²) in [7, 11) is 0. The lowest BCUT2D eigenvalue weighted by Gasteiger charge is -1.98. The molecular formula is C14H11N3O. The van der Waals surface area contributed by atoms with Gasteiger partial charge in [0.2, 0.25) is 0 Å². The van der Waals surface area contributed by atoms with E-state index >= 15 is 0 Å². The predicted octanol–water partition coefficient (Wildman–Crippen LogP) is 2.52. The number of nitrogens with zero attached hydrogens (tertiary/aromatic N) is 3. The summed E-state index contributed by atoms with van der Waals surface area (Å²) in [5.74, 6) is 0.641. The second-order valence-corrected chi connectivity index (χ2v) is 4.10. The summed E-state index contributed by atoms with van der Waals surface area (Å²) in [4.78, 5) is 15.4. The molecule has 4 heteroatoms. The molecule has 3 aromatic rings. The van der Waals surface area contributed by atoms with Gasteiger partial charge in [0, 0.05) is 11.8 Å². The van der Waals surface area contributed by atoms with E-state index in [4.69, 9.17) is 0 Å². The molecular weight excluding hydrogens is 226 g/mol. The summed E-state index contributed by atoms with van der Waals surface area (Å²) < 4.78 is 1.63. The number of aryl methyl sites for hydroxylation is 1. The monoisotopic (exact) mass is 237 g/mol. The molecule has 0 spiro atoms. The molecule has 4 nitrogen and oxygen atoms in total. The lowest BCUT2D eigenvalue weighted by atomic mass is 10.1. The van der Waals surface area contributed by atoms with Gasteiger partial charge in [-0.25, -0.2) is 9.50 Å². The van der Waals surface area contributed by atoms with E-state index in [0.29, 0.717) is 17.0 Å². The van der Waals surface area contributed by atoms with Crippen molar-refractivity contribution in [1.29, 1.82) is 0 Å². The number of hydrogen-bond acceptors (Lipinski definition) is 3. The molecule has 0 fully saturated rings. The minimum Gasteiger partial charge on any atom is -0.298 e. The van der Waals surface area contributed by atoms with Crippen LogP contribution in [0.4, 0.5) is 0 Å². The van der Waals surface area contributed by atoms with Crippen LogP contribution in [0.15, 0.2) is 42.6 Å². The van der Waals surface area contributed by atoms with Crippen LogP contribution in [-0.4, -0.2) is 20.9 Å². The highest BCUT2D eigenvalue weighted by Gasteiger charge is 2.10. The molecule has 2 heterocycles. The number of rotatable bonds is 2. The second kappa shape index (κ2) is 4.07. The van der Waals surface area contributed by atoms with E-state index in [1.54, 1.807) is 22.8 Å². The van der Waals surface area contributed by atoms with Gasteiger partial charge in [0.15, 0.2) is 17.8 Å². The van der Waals surface area contributed by atoms with Gasteiger partial charge >= 0.3 is 0 Å². The first-order valence-electron chi connectivity index (χ1n) is 5.66. The van der Waals surface area contributed by atoms with Gasteiger partial charge < -0.3 is 0 Å². The Hall–Kier alpha value is -2.49. The Balaban J connectivity index is 2.26. The molecule has 0 saturated carbocycles. The fourth-order valence-corrected chi connectivity index (χ4v) is 1.96. The van der Waals surface area contributed by atoms with Gasteiger partial charge in [-0.15, -0.1) is 5.10 Å². The lowest BCUT2D eigenvalue weighted by molar-refractivity contribution is 0.112. The Bertz CT molecular complexity index is 731. The van der Waals surface area contributed by atoms with Crippen LogP contribution < -0.4 is 0 Å². The van der Waals surface area contributed by atoms with Gasteiger partial charge in [0.1, 0.15) is 0 Å². The van der Waals surface area contributed by atoms with Crippen LogP contribution >= 0.6 is 0 Å². The van der Waals surface area contributed by atoms with Crippen molar-refractivity contribution >= 4 is 11.9 Å². The third kappa shape index (κ3) is 1.59. The zero-order valence-corrected chi connectivity index (χ0v) is 9.87. The SMILES string of the molecule is Cc1ccccc1-c1nc2c(C=O)cccn2n1. The molecule has 0 radical (unpaired) electrons. The van der Waals surface area contributed by atoms with Crippen LogP contribution in [0.3, 0.4) is 0 Å². The van der Waals surface area contributed by atoms with Crippen molar-refractivity contribution in [3.05, 3.63) is 53.7 Å². The molecule has 0 aliphatic heterocycles. The predicted molar refractivity (Wildman–Crippen MR) is 68.5 cm³/mol. The number of benzene rings is 1. The lowest BCUT2D eigenvalue weighted by Crippen LogP contribution is -1.90. The van der Waals surface area contributed by atoms with Crippen LogP contribution in [0.25, 0.3) is 17.0 Å². The molecule has 0 amide bonds. The minimum atomic E-state index is 0.546. The molecule has 3 rings (SSSR count). The smallest absolute Gasteiger partial charge is 0.182 e. The summed E-state index contributed by atoms with van der Waals surface area (Å²) in [6.45, 7) is 2.02. The maximum absolute atomic E-state index is 11.0. The molecule has 0 saturated heterocycles. The highest BCUT2D eigenvalue weighted by molar-refractivity contribution is 5.84. The topological polar surface area (TPSA) is 47.3 Å². The first kappa shape index (κ1) is 10.7. The van der Waals surface area contributed by atoms with Crippen molar-refractivity contribution in [2.75, 3.05) is 0 Å². The van der Waals surface area contributed by atoms with E-state index in [1.807, 2.05) is 31.2 Å². The van der Waals surface area contributed by atoms with Crippen molar-refractivity contribution in [2.45, 2.75) is 6.92 Å². The molecule has 0 bridgehead atoms. The average molecular weight is 237 g/mol. The zero-order valence-electron chi connectivity index (χ0n) is 9.87. The number of fused-ring (bicyclic) bond motifs is 1. The van der Waals surface area contributed by atoms with E-state index < -0.39 is 0 Å². The highest BCUT2D eigenvalue weighted by Crippen LogP contribution is 2.20. The van der Waals surface area contributed by atoms with Crippen molar-refractivity contribution in [2.24, 2.45) is 0 Å². The first-order chi connectivity index (χ1) is 8.79. The summed E-state index contributed by atoms with van der Waals surface area (Å²) in [6.07, 6.45) is 2.59. The Morgan fingerprint density at radius 2 is 2.00 bits per heavy atom. The zero-order chi connectivity index (χ0) is 12.5. The summed E-state index contributed by atoms with van der Waals surface area (Å²) in [5, 5.41) is 4.40. The number of pyridine rings is 1. The molecule has 0 N–H and O–H groups in total. The van der Waals surface area contributed by atoms with Crippen molar-refractivity contribution in [3.63, 3.8) is 0 Å². The molecule has 0 aliphatic carbocycles. The van der Waals surface area contributed by atoms with E-state index in [0.717, 1.165) is 17.4 Å². The Morgan fingerprint density at radius 1 is 1.17 bits per heavy atom. The Kier molecular flexibility index (Phi) is 2.41. The van der Waals surface area contributed by atoms with E-state index in [1.165, 1.54) is 0 Å². The summed E-state index contributed by atoms with van der Waals surface area (Å²) >= 11 is 0. The molecule has 18 heavy (non-hydrogen) atoms. The number of aldehydes is 1. The number of carbonyl (C=O) groups is 1. The van der Waals surface area contributed by atoms with Crippen LogP contribution in [0.1, 0.15) is 15.9 Å². The third-order valence-corrected chi connectivity index (χ3v) is 2.91. The third-order valence-electron chi connectivity index (χ3n) is 2.91. The maximum Gasteiger partial charge on any atom is 0.182 e. The average Bonchev–Trinajstić information content (AvgIpc) is 2.82. The highest BCUT2D eigenvalue weighted by atomic mass is 16.1. The maximum atomic E-state index is 11.0. The summed E-state index contributed by atoms with van der Waals surface area (Å²) in [5.41, 5.74) is 3.23. The number of hydrogen-bond donors (Lipinski definition) is 0. The largest absolute Gasteiger partial charge is 0.298 e. The molecule has 88 valence electrons. The molecule has 0 unspecified atom stereocenters. The van der Waals surface area contributed by atoms with Crippen molar-refractivity contribution in [3.8, 4) is 11.4 Å². The van der Waals surface area contributed by atoms with Crippen LogP contribution in [-0.2, 0) is 0 Å². The normalized spacial score (nSPS) is 10.7. The van der Waals surface area contributed by atoms with Gasteiger partial charge in [0.05, 0.1) is 5.56 Å². The van der Waals surface area contributed by atoms with Crippen LogP contribution in [0, 0.1) is 6.92 Å². The van der Waals surface area contributed by atoms with Gasteiger partial charge in [-0.05, 0) is 24.6 Å². The standard InChI is InChI=1S/C14H11N3O/c1-10-5-2-3-7-12(10)13-15-14-11(9-18)6-4-8-17(14)16-13/h2-9H,1H3.